The molecule has 1 saturated heterocycles. The summed E-state index contributed by atoms with van der Waals surface area (Å²) >= 11 is 0. The lowest BCUT2D eigenvalue weighted by atomic mass is 9.94. The monoisotopic (exact) mass is 447 g/mol. The third-order valence-electron chi connectivity index (χ3n) is 6.59. The maximum absolute atomic E-state index is 12.5. The van der Waals surface area contributed by atoms with Crippen molar-refractivity contribution >= 4 is 27.7 Å². The molecule has 1 aromatic rings. The van der Waals surface area contributed by atoms with E-state index in [2.05, 4.69) is 4.40 Å². The first-order chi connectivity index (χ1) is 14.9. The molecule has 0 N–H and O–H groups in total. The number of amides is 1. The zero-order valence-corrected chi connectivity index (χ0v) is 18.6. The summed E-state index contributed by atoms with van der Waals surface area (Å²) in [6, 6.07) is 7.04. The lowest BCUT2D eigenvalue weighted by Crippen LogP contribution is -2.42. The van der Waals surface area contributed by atoms with E-state index in [1.54, 1.807) is 36.2 Å². The van der Waals surface area contributed by atoms with Crippen molar-refractivity contribution in [3.05, 3.63) is 29.8 Å². The predicted octanol–water partition coefficient (Wildman–Crippen LogP) is 2.18. The third kappa shape index (κ3) is 4.61. The Morgan fingerprint density at radius 2 is 1.77 bits per heavy atom. The summed E-state index contributed by atoms with van der Waals surface area (Å²) in [4.78, 5) is 28.8. The van der Waals surface area contributed by atoms with Gasteiger partial charge in [0.25, 0.3) is 15.9 Å². The average molecular weight is 448 g/mol. The molecule has 3 aliphatic rings. The molecule has 1 aliphatic carbocycles. The van der Waals surface area contributed by atoms with Crippen LogP contribution in [0, 0.1) is 5.92 Å². The van der Waals surface area contributed by atoms with E-state index in [4.69, 9.17) is 4.74 Å². The van der Waals surface area contributed by atoms with E-state index in [0.717, 1.165) is 25.7 Å². The minimum absolute atomic E-state index is 0.153. The third-order valence-corrected chi connectivity index (χ3v) is 7.92. The van der Waals surface area contributed by atoms with Gasteiger partial charge in [-0.25, -0.2) is 0 Å². The van der Waals surface area contributed by atoms with Gasteiger partial charge in [0.05, 0.1) is 5.92 Å². The van der Waals surface area contributed by atoms with Crippen molar-refractivity contribution in [3.63, 3.8) is 0 Å². The largest absolute Gasteiger partial charge is 0.455 e. The molecular weight excluding hydrogens is 418 g/mol. The molecule has 2 aliphatic heterocycles. The van der Waals surface area contributed by atoms with Gasteiger partial charge in [-0.1, -0.05) is 31.4 Å². The van der Waals surface area contributed by atoms with Crippen LogP contribution < -0.4 is 0 Å². The molecule has 0 aromatic heterocycles. The second kappa shape index (κ2) is 8.98. The molecule has 0 atom stereocenters. The van der Waals surface area contributed by atoms with Crippen LogP contribution in [-0.2, 0) is 24.3 Å². The van der Waals surface area contributed by atoms with E-state index in [0.29, 0.717) is 37.3 Å². The molecule has 31 heavy (non-hydrogen) atoms. The number of carbonyl (C=O) groups excluding carboxylic acids is 2. The van der Waals surface area contributed by atoms with Crippen LogP contribution in [0.25, 0.3) is 0 Å². The average Bonchev–Trinajstić information content (AvgIpc) is 3.08. The summed E-state index contributed by atoms with van der Waals surface area (Å²) in [6.07, 6.45) is 6.58. The second-order valence-corrected chi connectivity index (χ2v) is 10.1. The first kappa shape index (κ1) is 21.8. The Kier molecular flexibility index (Phi) is 6.31. The van der Waals surface area contributed by atoms with E-state index >= 15 is 0 Å². The van der Waals surface area contributed by atoms with Gasteiger partial charge in [-0.3, -0.25) is 9.59 Å². The molecule has 1 amide bonds. The van der Waals surface area contributed by atoms with Gasteiger partial charge in [0, 0.05) is 31.7 Å². The van der Waals surface area contributed by atoms with Gasteiger partial charge < -0.3 is 14.5 Å². The molecule has 0 unspecified atom stereocenters. The van der Waals surface area contributed by atoms with Gasteiger partial charge in [0.1, 0.15) is 4.90 Å². The van der Waals surface area contributed by atoms with Crippen LogP contribution >= 0.6 is 0 Å². The normalized spacial score (nSPS) is 21.3. The number of hydrogen-bond acceptors (Lipinski definition) is 6. The quantitative estimate of drug-likeness (QED) is 0.657. The summed E-state index contributed by atoms with van der Waals surface area (Å²) in [5, 5.41) is 0. The van der Waals surface area contributed by atoms with Crippen LogP contribution in [0.3, 0.4) is 0 Å². The number of amidine groups is 1. The van der Waals surface area contributed by atoms with Crippen molar-refractivity contribution in [2.24, 2.45) is 10.3 Å². The van der Waals surface area contributed by atoms with Gasteiger partial charge in [0.15, 0.2) is 12.4 Å². The number of piperidine rings is 1. The number of rotatable bonds is 4. The zero-order chi connectivity index (χ0) is 22.0. The summed E-state index contributed by atoms with van der Waals surface area (Å²) in [5.41, 5.74) is 0.611. The lowest BCUT2D eigenvalue weighted by Gasteiger charge is -2.33. The lowest BCUT2D eigenvalue weighted by molar-refractivity contribution is -0.157. The molecule has 8 nitrogen and oxygen atoms in total. The molecule has 2 fully saturated rings. The van der Waals surface area contributed by atoms with Gasteiger partial charge >= 0.3 is 5.97 Å². The minimum Gasteiger partial charge on any atom is -0.455 e. The number of nitrogens with zero attached hydrogens (tertiary/aromatic N) is 3. The van der Waals surface area contributed by atoms with Crippen LogP contribution in [0.2, 0.25) is 0 Å². The standard InChI is InChI=1S/C22H29N3O5S/c1-24(17-7-3-2-4-8-17)20(26)15-30-22(27)16-11-13-25(14-12-16)21-18-9-5-6-10-19(18)31(28,29)23-21/h5-6,9-10,16-17H,2-4,7-8,11-15H2,1H3. The van der Waals surface area contributed by atoms with E-state index in [9.17, 15) is 18.0 Å². The van der Waals surface area contributed by atoms with E-state index in [1.807, 2.05) is 4.90 Å². The minimum atomic E-state index is -3.66. The van der Waals surface area contributed by atoms with Crippen molar-refractivity contribution in [2.45, 2.75) is 55.9 Å². The molecule has 9 heteroatoms. The van der Waals surface area contributed by atoms with Crippen molar-refractivity contribution in [1.82, 2.24) is 9.80 Å². The number of sulfonamides is 1. The number of ether oxygens (including phenoxy) is 1. The fourth-order valence-corrected chi connectivity index (χ4v) is 5.90. The van der Waals surface area contributed by atoms with Gasteiger partial charge in [0.2, 0.25) is 0 Å². The van der Waals surface area contributed by atoms with Crippen LogP contribution in [0.4, 0.5) is 0 Å². The summed E-state index contributed by atoms with van der Waals surface area (Å²) in [5.74, 6) is -0.351. The summed E-state index contributed by atoms with van der Waals surface area (Å²) in [7, 11) is -1.87. The molecule has 1 aromatic carbocycles. The highest BCUT2D eigenvalue weighted by atomic mass is 32.2. The van der Waals surface area contributed by atoms with Crippen molar-refractivity contribution in [1.29, 1.82) is 0 Å². The summed E-state index contributed by atoms with van der Waals surface area (Å²) < 4.78 is 33.8. The van der Waals surface area contributed by atoms with Crippen molar-refractivity contribution in [2.75, 3.05) is 26.7 Å². The number of carbonyl (C=O) groups is 2. The van der Waals surface area contributed by atoms with Crippen LogP contribution in [0.1, 0.15) is 50.5 Å². The highest BCUT2D eigenvalue weighted by Crippen LogP contribution is 2.30. The smallest absolute Gasteiger partial charge is 0.309 e. The second-order valence-electron chi connectivity index (χ2n) is 8.55. The summed E-state index contributed by atoms with van der Waals surface area (Å²) in [6.45, 7) is 0.807. The molecule has 4 rings (SSSR count). The van der Waals surface area contributed by atoms with Crippen LogP contribution in [0.5, 0.6) is 0 Å². The van der Waals surface area contributed by atoms with E-state index in [-0.39, 0.29) is 35.3 Å². The number of likely N-dealkylation sites (N-methyl/N-ethyl adjacent to an activating group) is 1. The Bertz CT molecular complexity index is 977. The Hall–Kier alpha value is -2.42. The van der Waals surface area contributed by atoms with Crippen LogP contribution in [-0.4, -0.2) is 68.7 Å². The Morgan fingerprint density at radius 3 is 2.48 bits per heavy atom. The fourth-order valence-electron chi connectivity index (χ4n) is 4.67. The molecule has 0 bridgehead atoms. The molecule has 0 radical (unpaired) electrons. The Balaban J connectivity index is 1.28. The SMILES string of the molecule is CN(C(=O)COC(=O)C1CCN(C2=NS(=O)(=O)c3ccccc32)CC1)C1CCCCC1. The maximum Gasteiger partial charge on any atom is 0.309 e. The van der Waals surface area contributed by atoms with Crippen molar-refractivity contribution < 1.29 is 22.7 Å². The number of esters is 1. The molecule has 0 spiro atoms. The number of likely N-dealkylation sites (tertiary alicyclic amines) is 1. The highest BCUT2D eigenvalue weighted by Gasteiger charge is 2.35. The Labute approximate surface area is 183 Å². The van der Waals surface area contributed by atoms with Crippen LogP contribution in [0.15, 0.2) is 33.6 Å². The van der Waals surface area contributed by atoms with Gasteiger partial charge in [-0.15, -0.1) is 4.40 Å². The van der Waals surface area contributed by atoms with E-state index < -0.39 is 10.0 Å². The molecule has 168 valence electrons. The molecule has 2 heterocycles. The maximum atomic E-state index is 12.5. The molecular formula is C22H29N3O5S. The first-order valence-electron chi connectivity index (χ1n) is 11.0. The Morgan fingerprint density at radius 1 is 1.10 bits per heavy atom. The highest BCUT2D eigenvalue weighted by molar-refractivity contribution is 7.90. The number of hydrogen-bond donors (Lipinski definition) is 0. The van der Waals surface area contributed by atoms with Gasteiger partial charge in [-0.05, 0) is 37.8 Å². The fraction of sp³-hybridized carbons (Fsp3) is 0.591. The van der Waals surface area contributed by atoms with Crippen molar-refractivity contribution in [3.8, 4) is 0 Å². The predicted molar refractivity (Wildman–Crippen MR) is 115 cm³/mol. The molecule has 1 saturated carbocycles. The number of benzene rings is 1. The zero-order valence-electron chi connectivity index (χ0n) is 17.8. The topological polar surface area (TPSA) is 96.3 Å². The first-order valence-corrected chi connectivity index (χ1v) is 12.4. The number of fused-ring (bicyclic) bond motifs is 1. The van der Waals surface area contributed by atoms with E-state index in [1.165, 1.54) is 6.42 Å². The van der Waals surface area contributed by atoms with Gasteiger partial charge in [-0.2, -0.15) is 8.42 Å².